The highest BCUT2D eigenvalue weighted by atomic mass is 32.3. The molecule has 0 aromatic carbocycles. The number of hydrogen-bond acceptors (Lipinski definition) is 4. The van der Waals surface area contributed by atoms with Crippen LogP contribution in [0.4, 0.5) is 37.0 Å². The predicted octanol–water partition coefficient (Wildman–Crippen LogP) is 5.51. The number of rotatable bonds is 5. The maximum atomic E-state index is 15.4. The second-order valence-electron chi connectivity index (χ2n) is 9.84. The molecule has 2 aliphatic heterocycles. The summed E-state index contributed by atoms with van der Waals surface area (Å²) in [5, 5.41) is 3.74. The number of nitrogens with one attached hydrogen (secondary N) is 1. The molecule has 3 heterocycles. The topological polar surface area (TPSA) is 61.6 Å². The molecule has 198 valence electrons. The fourth-order valence-corrected chi connectivity index (χ4v) is 6.36. The molecule has 4 unspecified atom stereocenters. The van der Waals surface area contributed by atoms with Crippen LogP contribution in [0.2, 0.25) is 0 Å². The molecular weight excluding hydrogens is 510 g/mol. The van der Waals surface area contributed by atoms with Crippen LogP contribution in [0, 0.1) is 0 Å². The Hall–Kier alpha value is -2.41. The summed E-state index contributed by atoms with van der Waals surface area (Å²) in [4.78, 5) is 15.2. The molecule has 0 saturated carbocycles. The fraction of sp³-hybridized carbons (Fsp3) is 0.565. The molecule has 4 aliphatic rings. The average Bonchev–Trinajstić information content (AvgIpc) is 3.43. The molecule has 2 amide bonds. The summed E-state index contributed by atoms with van der Waals surface area (Å²) in [6, 6.07) is -3.56. The van der Waals surface area contributed by atoms with Crippen molar-refractivity contribution in [1.29, 1.82) is 0 Å². The Labute approximate surface area is 205 Å². The Morgan fingerprint density at radius 3 is 2.61 bits per heavy atom. The van der Waals surface area contributed by atoms with Crippen molar-refractivity contribution in [2.24, 2.45) is 0 Å². The smallest absolute Gasteiger partial charge is 0.326 e. The molecule has 0 radical (unpaired) electrons. The molecule has 36 heavy (non-hydrogen) atoms. The van der Waals surface area contributed by atoms with E-state index in [4.69, 9.17) is 4.52 Å². The minimum Gasteiger partial charge on any atom is -0.354 e. The van der Waals surface area contributed by atoms with E-state index in [-0.39, 0.29) is 36.5 Å². The van der Waals surface area contributed by atoms with Crippen LogP contribution < -0.4 is 9.62 Å². The van der Waals surface area contributed by atoms with E-state index >= 15 is 13.2 Å². The number of anilines is 1. The van der Waals surface area contributed by atoms with Gasteiger partial charge in [-0.2, -0.15) is 10.2 Å². The summed E-state index contributed by atoms with van der Waals surface area (Å²) < 4.78 is 97.8. The van der Waals surface area contributed by atoms with Crippen LogP contribution in [0.5, 0.6) is 0 Å². The van der Waals surface area contributed by atoms with E-state index in [0.717, 1.165) is 15.9 Å². The van der Waals surface area contributed by atoms with E-state index in [1.54, 1.807) is 0 Å². The molecule has 2 saturated heterocycles. The first-order valence-electron chi connectivity index (χ1n) is 11.6. The number of aromatic nitrogens is 1. The van der Waals surface area contributed by atoms with Crippen molar-refractivity contribution in [3.63, 3.8) is 0 Å². The molecule has 2 fully saturated rings. The van der Waals surface area contributed by atoms with Gasteiger partial charge >= 0.3 is 6.03 Å². The molecule has 2 aliphatic carbocycles. The third-order valence-corrected chi connectivity index (χ3v) is 9.72. The van der Waals surface area contributed by atoms with Crippen molar-refractivity contribution < 1.29 is 35.7 Å². The van der Waals surface area contributed by atoms with Crippen LogP contribution >= 0.6 is 10.2 Å². The maximum Gasteiger partial charge on any atom is 0.326 e. The molecule has 6 nitrogen and oxygen atoms in total. The fourth-order valence-electron chi connectivity index (χ4n) is 5.19. The summed E-state index contributed by atoms with van der Waals surface area (Å²) in [6.45, 7) is 1.14. The first-order chi connectivity index (χ1) is 16.9. The summed E-state index contributed by atoms with van der Waals surface area (Å²) in [7, 11) is -1.51. The normalized spacial score (nSPS) is 30.4. The van der Waals surface area contributed by atoms with Crippen LogP contribution in [-0.4, -0.2) is 71.6 Å². The molecule has 1 N–H and O–H groups in total. The lowest BCUT2D eigenvalue weighted by atomic mass is 9.80. The second kappa shape index (κ2) is 8.57. The van der Waals surface area contributed by atoms with Gasteiger partial charge in [0.25, 0.3) is 5.92 Å². The standard InChI is InChI=1S/C23H26F6N4O2S/c1-4-36(2,3)31-15-9-32-16(23(15,28)29)10-33(22(32)34)21-18-14(35-30-21)8-13(26)20(27)19(18)17-11(24)6-5-7-12(17)25/h6,8,15-16,19-20,31H,4-5,7,9-10H2,1-3H3. The lowest BCUT2D eigenvalue weighted by Gasteiger charge is -2.36. The Bertz CT molecular complexity index is 1200. The average molecular weight is 537 g/mol. The summed E-state index contributed by atoms with van der Waals surface area (Å²) in [5.41, 5.74) is -0.933. The zero-order valence-electron chi connectivity index (χ0n) is 19.8. The van der Waals surface area contributed by atoms with Crippen LogP contribution in [0.15, 0.2) is 33.7 Å². The van der Waals surface area contributed by atoms with Gasteiger partial charge < -0.3 is 9.42 Å². The van der Waals surface area contributed by atoms with Gasteiger partial charge in [-0.25, -0.2) is 31.1 Å². The van der Waals surface area contributed by atoms with Crippen molar-refractivity contribution in [1.82, 2.24) is 14.8 Å². The first kappa shape index (κ1) is 25.2. The Kier molecular flexibility index (Phi) is 6.01. The summed E-state index contributed by atoms with van der Waals surface area (Å²) >= 11 is 0. The van der Waals surface area contributed by atoms with E-state index in [1.165, 1.54) is 0 Å². The number of carbonyl (C=O) groups excluding carboxylic acids is 1. The number of alkyl halides is 3. The van der Waals surface area contributed by atoms with E-state index in [0.29, 0.717) is 11.8 Å². The van der Waals surface area contributed by atoms with Gasteiger partial charge in [0.15, 0.2) is 17.7 Å². The number of nitrogens with zero attached hydrogens (tertiary/aromatic N) is 3. The number of allylic oxidation sites excluding steroid dienone is 5. The second-order valence-corrected chi connectivity index (χ2v) is 13.7. The molecule has 0 spiro atoms. The Morgan fingerprint density at radius 2 is 1.97 bits per heavy atom. The number of hydrogen-bond donors (Lipinski definition) is 1. The van der Waals surface area contributed by atoms with Crippen molar-refractivity contribution in [3.05, 3.63) is 40.5 Å². The molecular formula is C23H26F6N4O2S. The van der Waals surface area contributed by atoms with Crippen LogP contribution in [0.1, 0.15) is 37.0 Å². The highest BCUT2D eigenvalue weighted by Crippen LogP contribution is 2.51. The van der Waals surface area contributed by atoms with Crippen LogP contribution in [0.3, 0.4) is 0 Å². The van der Waals surface area contributed by atoms with E-state index in [9.17, 15) is 18.0 Å². The molecule has 1 aromatic rings. The zero-order valence-corrected chi connectivity index (χ0v) is 20.7. The van der Waals surface area contributed by atoms with Gasteiger partial charge in [0.1, 0.15) is 23.5 Å². The Morgan fingerprint density at radius 1 is 1.25 bits per heavy atom. The molecule has 0 bridgehead atoms. The third kappa shape index (κ3) is 3.77. The Balaban J connectivity index is 1.51. The van der Waals surface area contributed by atoms with E-state index < -0.39 is 75.9 Å². The minimum absolute atomic E-state index is 0.0502. The summed E-state index contributed by atoms with van der Waals surface area (Å²) in [5.74, 6) is -8.42. The molecule has 1 aromatic heterocycles. The molecule has 5 rings (SSSR count). The van der Waals surface area contributed by atoms with Crippen molar-refractivity contribution in [3.8, 4) is 0 Å². The number of fused-ring (bicyclic) bond motifs is 2. The zero-order chi connectivity index (χ0) is 26.2. The quantitative estimate of drug-likeness (QED) is 0.505. The van der Waals surface area contributed by atoms with E-state index in [2.05, 4.69) is 9.88 Å². The number of carbonyl (C=O) groups is 1. The van der Waals surface area contributed by atoms with Gasteiger partial charge in [0, 0.05) is 24.6 Å². The molecule has 13 heteroatoms. The lowest BCUT2D eigenvalue weighted by molar-refractivity contribution is -0.0321. The van der Waals surface area contributed by atoms with Gasteiger partial charge in [0.2, 0.25) is 0 Å². The van der Waals surface area contributed by atoms with E-state index in [1.807, 2.05) is 19.4 Å². The van der Waals surface area contributed by atoms with Crippen molar-refractivity contribution in [2.75, 3.05) is 36.3 Å². The van der Waals surface area contributed by atoms with Crippen molar-refractivity contribution in [2.45, 2.75) is 49.9 Å². The van der Waals surface area contributed by atoms with Gasteiger partial charge in [-0.05, 0) is 30.8 Å². The predicted molar refractivity (Wildman–Crippen MR) is 125 cm³/mol. The SMILES string of the molecule is CCS(C)(C)NC1CN2C(=O)N(c3noc4c3C(C3=C(F)CCC=C3F)C(F)C(F)=C4)CC2C1(F)F. The number of halogens is 6. The highest BCUT2D eigenvalue weighted by molar-refractivity contribution is 8.31. The van der Waals surface area contributed by atoms with Gasteiger partial charge in [0.05, 0.1) is 24.1 Å². The highest BCUT2D eigenvalue weighted by Gasteiger charge is 2.63. The van der Waals surface area contributed by atoms with Gasteiger partial charge in [-0.15, -0.1) is 0 Å². The summed E-state index contributed by atoms with van der Waals surface area (Å²) in [6.07, 6.45) is 2.88. The molecule has 4 atom stereocenters. The van der Waals surface area contributed by atoms with Crippen molar-refractivity contribution >= 4 is 28.1 Å². The minimum atomic E-state index is -3.28. The largest absolute Gasteiger partial charge is 0.354 e. The monoisotopic (exact) mass is 536 g/mol. The number of urea groups is 1. The van der Waals surface area contributed by atoms with Gasteiger partial charge in [-0.1, -0.05) is 12.1 Å². The first-order valence-corrected chi connectivity index (χ1v) is 14.2. The van der Waals surface area contributed by atoms with Gasteiger partial charge in [-0.3, -0.25) is 9.62 Å². The van der Waals surface area contributed by atoms with Crippen LogP contribution in [-0.2, 0) is 0 Å². The number of amides is 2. The third-order valence-electron chi connectivity index (χ3n) is 7.36. The lowest BCUT2D eigenvalue weighted by Crippen LogP contribution is -2.49. The maximum absolute atomic E-state index is 15.4. The van der Waals surface area contributed by atoms with Crippen LogP contribution in [0.25, 0.3) is 6.08 Å².